The Morgan fingerprint density at radius 1 is 1.19 bits per heavy atom. The number of hydrogen-bond donors (Lipinski definition) is 2. The molecule has 6 heteroatoms. The van der Waals surface area contributed by atoms with Crippen molar-refractivity contribution < 1.29 is 9.47 Å². The zero-order valence-electron chi connectivity index (χ0n) is 16.3. The van der Waals surface area contributed by atoms with Gasteiger partial charge in [-0.15, -0.1) is 24.0 Å². The van der Waals surface area contributed by atoms with Gasteiger partial charge in [0.05, 0.1) is 13.2 Å². The van der Waals surface area contributed by atoms with Gasteiger partial charge in [-0.05, 0) is 37.8 Å². The van der Waals surface area contributed by atoms with Crippen molar-refractivity contribution in [2.75, 3.05) is 27.3 Å². The third kappa shape index (κ3) is 8.12. The molecule has 1 aliphatic carbocycles. The standard InChI is InChI=1S/C20H33N3O2.HI/c1-16-10-11-17(19(14-16)24-3)15-23-20(21-2)22-12-7-13-25-18-8-5-4-6-9-18;/h10-11,14,18H,4-9,12-13,15H2,1-3H3,(H2,21,22,23);1H. The van der Waals surface area contributed by atoms with Gasteiger partial charge in [0.25, 0.3) is 0 Å². The van der Waals surface area contributed by atoms with E-state index in [0.29, 0.717) is 12.6 Å². The summed E-state index contributed by atoms with van der Waals surface area (Å²) in [5, 5.41) is 6.68. The Kier molecular flexibility index (Phi) is 11.7. The molecule has 0 aliphatic heterocycles. The highest BCUT2D eigenvalue weighted by atomic mass is 127. The number of benzene rings is 1. The van der Waals surface area contributed by atoms with Crippen molar-refractivity contribution in [1.29, 1.82) is 0 Å². The van der Waals surface area contributed by atoms with Gasteiger partial charge in [-0.25, -0.2) is 0 Å². The maximum atomic E-state index is 5.95. The molecule has 148 valence electrons. The van der Waals surface area contributed by atoms with Gasteiger partial charge in [0.1, 0.15) is 5.75 Å². The lowest BCUT2D eigenvalue weighted by Crippen LogP contribution is -2.37. The van der Waals surface area contributed by atoms with E-state index in [4.69, 9.17) is 9.47 Å². The predicted molar refractivity (Wildman–Crippen MR) is 119 cm³/mol. The fourth-order valence-electron chi connectivity index (χ4n) is 3.16. The van der Waals surface area contributed by atoms with Gasteiger partial charge in [0.15, 0.2) is 5.96 Å². The highest BCUT2D eigenvalue weighted by molar-refractivity contribution is 14.0. The van der Waals surface area contributed by atoms with Crippen LogP contribution in [0.2, 0.25) is 0 Å². The SMILES string of the molecule is CN=C(NCCCOC1CCCCC1)NCc1ccc(C)cc1OC.I. The van der Waals surface area contributed by atoms with E-state index < -0.39 is 0 Å². The molecule has 1 aromatic rings. The number of nitrogens with one attached hydrogen (secondary N) is 2. The minimum absolute atomic E-state index is 0. The number of nitrogens with zero attached hydrogens (tertiary/aromatic N) is 1. The van der Waals surface area contributed by atoms with E-state index in [9.17, 15) is 0 Å². The van der Waals surface area contributed by atoms with Gasteiger partial charge < -0.3 is 20.1 Å². The molecule has 0 heterocycles. The number of halogens is 1. The lowest BCUT2D eigenvalue weighted by atomic mass is 9.98. The lowest BCUT2D eigenvalue weighted by molar-refractivity contribution is 0.0277. The Bertz CT molecular complexity index is 546. The van der Waals surface area contributed by atoms with Gasteiger partial charge in [-0.2, -0.15) is 0 Å². The zero-order chi connectivity index (χ0) is 17.9. The van der Waals surface area contributed by atoms with Crippen LogP contribution in [0.4, 0.5) is 0 Å². The van der Waals surface area contributed by atoms with Crippen molar-refractivity contribution in [1.82, 2.24) is 10.6 Å². The Morgan fingerprint density at radius 2 is 1.96 bits per heavy atom. The molecule has 0 saturated heterocycles. The van der Waals surface area contributed by atoms with E-state index in [1.54, 1.807) is 14.2 Å². The molecule has 1 saturated carbocycles. The summed E-state index contributed by atoms with van der Waals surface area (Å²) in [5.41, 5.74) is 2.32. The van der Waals surface area contributed by atoms with Gasteiger partial charge in [0.2, 0.25) is 0 Å². The normalized spacial score (nSPS) is 15.3. The van der Waals surface area contributed by atoms with E-state index >= 15 is 0 Å². The Hall–Kier alpha value is -1.02. The molecule has 0 radical (unpaired) electrons. The Morgan fingerprint density at radius 3 is 2.65 bits per heavy atom. The minimum atomic E-state index is 0. The number of ether oxygens (including phenoxy) is 2. The van der Waals surface area contributed by atoms with Crippen LogP contribution in [-0.4, -0.2) is 39.4 Å². The van der Waals surface area contributed by atoms with Crippen molar-refractivity contribution >= 4 is 29.9 Å². The summed E-state index contributed by atoms with van der Waals surface area (Å²) in [4.78, 5) is 4.28. The zero-order valence-corrected chi connectivity index (χ0v) is 18.7. The van der Waals surface area contributed by atoms with E-state index in [2.05, 4.69) is 40.7 Å². The van der Waals surface area contributed by atoms with Crippen LogP contribution in [0.15, 0.2) is 23.2 Å². The van der Waals surface area contributed by atoms with Gasteiger partial charge >= 0.3 is 0 Å². The van der Waals surface area contributed by atoms with Crippen LogP contribution in [0.25, 0.3) is 0 Å². The third-order valence-electron chi connectivity index (χ3n) is 4.63. The van der Waals surface area contributed by atoms with E-state index in [-0.39, 0.29) is 24.0 Å². The first-order valence-electron chi connectivity index (χ1n) is 9.42. The van der Waals surface area contributed by atoms with E-state index in [1.807, 2.05) is 0 Å². The number of hydrogen-bond acceptors (Lipinski definition) is 3. The predicted octanol–water partition coefficient (Wildman–Crippen LogP) is 4.03. The molecule has 0 aromatic heterocycles. The van der Waals surface area contributed by atoms with Crippen LogP contribution in [-0.2, 0) is 11.3 Å². The van der Waals surface area contributed by atoms with Crippen LogP contribution in [0.1, 0.15) is 49.7 Å². The molecule has 1 fully saturated rings. The minimum Gasteiger partial charge on any atom is -0.496 e. The molecule has 5 nitrogen and oxygen atoms in total. The molecule has 0 bridgehead atoms. The highest BCUT2D eigenvalue weighted by Crippen LogP contribution is 2.20. The summed E-state index contributed by atoms with van der Waals surface area (Å²) in [6.07, 6.45) is 7.95. The Balaban J connectivity index is 0.00000338. The van der Waals surface area contributed by atoms with E-state index in [1.165, 1.54) is 37.7 Å². The van der Waals surface area contributed by atoms with Crippen molar-refractivity contribution in [2.45, 2.75) is 58.1 Å². The number of guanidine groups is 1. The lowest BCUT2D eigenvalue weighted by Gasteiger charge is -2.22. The van der Waals surface area contributed by atoms with Crippen LogP contribution >= 0.6 is 24.0 Å². The van der Waals surface area contributed by atoms with Crippen molar-refractivity contribution in [3.8, 4) is 5.75 Å². The third-order valence-corrected chi connectivity index (χ3v) is 4.63. The monoisotopic (exact) mass is 475 g/mol. The first-order valence-corrected chi connectivity index (χ1v) is 9.42. The quantitative estimate of drug-likeness (QED) is 0.258. The second-order valence-corrected chi connectivity index (χ2v) is 6.65. The van der Waals surface area contributed by atoms with Gasteiger partial charge in [-0.1, -0.05) is 31.4 Å². The molecule has 2 N–H and O–H groups in total. The molecule has 2 rings (SSSR count). The molecule has 0 atom stereocenters. The maximum absolute atomic E-state index is 5.95. The topological polar surface area (TPSA) is 54.9 Å². The Labute approximate surface area is 175 Å². The smallest absolute Gasteiger partial charge is 0.191 e. The largest absolute Gasteiger partial charge is 0.496 e. The molecular weight excluding hydrogens is 441 g/mol. The molecule has 0 spiro atoms. The molecule has 0 unspecified atom stereocenters. The summed E-state index contributed by atoms with van der Waals surface area (Å²) in [6, 6.07) is 6.24. The van der Waals surface area contributed by atoms with Crippen LogP contribution < -0.4 is 15.4 Å². The average molecular weight is 475 g/mol. The van der Waals surface area contributed by atoms with Gasteiger partial charge in [0, 0.05) is 32.3 Å². The molecule has 1 aromatic carbocycles. The highest BCUT2D eigenvalue weighted by Gasteiger charge is 2.13. The summed E-state index contributed by atoms with van der Waals surface area (Å²) >= 11 is 0. The summed E-state index contributed by atoms with van der Waals surface area (Å²) in [7, 11) is 3.50. The van der Waals surface area contributed by atoms with Crippen molar-refractivity contribution in [3.63, 3.8) is 0 Å². The van der Waals surface area contributed by atoms with Gasteiger partial charge in [-0.3, -0.25) is 4.99 Å². The van der Waals surface area contributed by atoms with Crippen LogP contribution in [0, 0.1) is 6.92 Å². The van der Waals surface area contributed by atoms with Crippen molar-refractivity contribution in [3.05, 3.63) is 29.3 Å². The summed E-state index contributed by atoms with van der Waals surface area (Å²) in [5.74, 6) is 1.71. The average Bonchev–Trinajstić information content (AvgIpc) is 2.65. The second-order valence-electron chi connectivity index (χ2n) is 6.65. The van der Waals surface area contributed by atoms with E-state index in [0.717, 1.165) is 36.8 Å². The fraction of sp³-hybridized carbons (Fsp3) is 0.650. The fourth-order valence-corrected chi connectivity index (χ4v) is 3.16. The first-order chi connectivity index (χ1) is 12.2. The number of rotatable bonds is 8. The summed E-state index contributed by atoms with van der Waals surface area (Å²) in [6.45, 7) is 4.43. The molecule has 1 aliphatic rings. The number of aryl methyl sites for hydroxylation is 1. The molecule has 26 heavy (non-hydrogen) atoms. The molecular formula is C20H34IN3O2. The number of methoxy groups -OCH3 is 1. The number of aliphatic imine (C=N–C) groups is 1. The first kappa shape index (κ1) is 23.0. The second kappa shape index (κ2) is 13.2. The van der Waals surface area contributed by atoms with Crippen molar-refractivity contribution in [2.24, 2.45) is 4.99 Å². The maximum Gasteiger partial charge on any atom is 0.191 e. The molecule has 0 amide bonds. The summed E-state index contributed by atoms with van der Waals surface area (Å²) < 4.78 is 11.4. The van der Waals surface area contributed by atoms with Crippen LogP contribution in [0.3, 0.4) is 0 Å². The van der Waals surface area contributed by atoms with Crippen LogP contribution in [0.5, 0.6) is 5.75 Å².